The summed E-state index contributed by atoms with van der Waals surface area (Å²) < 4.78 is 0. The number of carbonyl (C=O) groups is 1. The monoisotopic (exact) mass is 336 g/mol. The van der Waals surface area contributed by atoms with E-state index in [1.807, 2.05) is 6.08 Å². The topological polar surface area (TPSA) is 37.3 Å². The zero-order valence-electron chi connectivity index (χ0n) is 15.1. The minimum absolute atomic E-state index is 0.165. The van der Waals surface area contributed by atoms with Gasteiger partial charge in [0.1, 0.15) is 5.60 Å². The van der Waals surface area contributed by atoms with Gasteiger partial charge >= 0.3 is 0 Å². The molecule has 2 nitrogen and oxygen atoms in total. The molecule has 0 saturated heterocycles. The van der Waals surface area contributed by atoms with Crippen molar-refractivity contribution >= 4 is 5.78 Å². The van der Waals surface area contributed by atoms with E-state index < -0.39 is 5.60 Å². The molecule has 5 rings (SSSR count). The van der Waals surface area contributed by atoms with Crippen LogP contribution in [0.4, 0.5) is 0 Å². The van der Waals surface area contributed by atoms with Gasteiger partial charge in [0.05, 0.1) is 0 Å². The van der Waals surface area contributed by atoms with Crippen LogP contribution >= 0.6 is 0 Å². The van der Waals surface area contributed by atoms with E-state index in [0.29, 0.717) is 35.9 Å². The summed E-state index contributed by atoms with van der Waals surface area (Å²) in [5.74, 6) is 5.42. The number of carbonyl (C=O) groups excluding carboxylic acids is 1. The van der Waals surface area contributed by atoms with Gasteiger partial charge < -0.3 is 5.11 Å². The maximum atomic E-state index is 12.0. The van der Waals surface area contributed by atoms with E-state index in [1.54, 1.807) is 0 Å². The Labute approximate surface area is 150 Å². The van der Waals surface area contributed by atoms with Gasteiger partial charge in [-0.25, -0.2) is 0 Å². The second-order valence-corrected chi connectivity index (χ2v) is 9.59. The molecule has 0 aromatic carbocycles. The first-order valence-corrected chi connectivity index (χ1v) is 10.0. The van der Waals surface area contributed by atoms with Crippen molar-refractivity contribution < 1.29 is 9.90 Å². The average molecular weight is 336 g/mol. The Morgan fingerprint density at radius 2 is 2.12 bits per heavy atom. The molecule has 5 aliphatic rings. The lowest BCUT2D eigenvalue weighted by molar-refractivity contribution is -0.129. The number of fused-ring (bicyclic) bond motifs is 2. The first kappa shape index (κ1) is 15.9. The van der Waals surface area contributed by atoms with Crippen molar-refractivity contribution in [2.45, 2.75) is 63.9 Å². The number of ketones is 1. The molecule has 132 valence electrons. The van der Waals surface area contributed by atoms with Crippen molar-refractivity contribution in [3.8, 4) is 12.3 Å². The van der Waals surface area contributed by atoms with Crippen molar-refractivity contribution in [1.29, 1.82) is 0 Å². The quantitative estimate of drug-likeness (QED) is 0.535. The molecule has 0 amide bonds. The number of hydrogen-bond acceptors (Lipinski definition) is 2. The number of terminal acetylenes is 1. The Morgan fingerprint density at radius 1 is 1.28 bits per heavy atom. The number of aliphatic hydroxyl groups is 1. The number of hydrogen-bond donors (Lipinski definition) is 1. The molecular weight excluding hydrogens is 308 g/mol. The van der Waals surface area contributed by atoms with Crippen LogP contribution in [-0.2, 0) is 4.79 Å². The molecule has 3 saturated carbocycles. The molecule has 5 aliphatic carbocycles. The van der Waals surface area contributed by atoms with Gasteiger partial charge in [-0.05, 0) is 80.1 Å². The molecule has 0 aromatic rings. The standard InChI is InChI=1S/C23H28O2/c1-3-23(25)12-9-19-18-7-6-16-13-17(24)8-11-22(16)10-4-5-15(20(18)22)14-21(19,23)2/h1,4-5,13,15,18-20,25H,6-12,14H2,2H3/t15-,18-,19-,20-,21-,22-,23-/m0/s1. The third-order valence-corrected chi connectivity index (χ3v) is 8.96. The van der Waals surface area contributed by atoms with E-state index in [-0.39, 0.29) is 10.8 Å². The highest BCUT2D eigenvalue weighted by Gasteiger charge is 2.66. The third-order valence-electron chi connectivity index (χ3n) is 8.96. The first-order valence-electron chi connectivity index (χ1n) is 10.0. The van der Waals surface area contributed by atoms with Crippen LogP contribution in [-0.4, -0.2) is 16.5 Å². The first-order chi connectivity index (χ1) is 11.9. The van der Waals surface area contributed by atoms with Crippen molar-refractivity contribution in [3.63, 3.8) is 0 Å². The van der Waals surface area contributed by atoms with Gasteiger partial charge in [0, 0.05) is 11.8 Å². The highest BCUT2D eigenvalue weighted by molar-refractivity contribution is 5.91. The van der Waals surface area contributed by atoms with Crippen LogP contribution in [0.5, 0.6) is 0 Å². The maximum Gasteiger partial charge on any atom is 0.155 e. The summed E-state index contributed by atoms with van der Waals surface area (Å²) in [6, 6.07) is 0. The Kier molecular flexibility index (Phi) is 3.11. The van der Waals surface area contributed by atoms with Crippen molar-refractivity contribution in [1.82, 2.24) is 0 Å². The zero-order chi connectivity index (χ0) is 17.4. The summed E-state index contributed by atoms with van der Waals surface area (Å²) in [4.78, 5) is 12.0. The Morgan fingerprint density at radius 3 is 2.92 bits per heavy atom. The van der Waals surface area contributed by atoms with E-state index in [2.05, 4.69) is 25.0 Å². The van der Waals surface area contributed by atoms with E-state index in [9.17, 15) is 9.90 Å². The number of allylic oxidation sites excluding steroid dienone is 3. The zero-order valence-corrected chi connectivity index (χ0v) is 15.1. The van der Waals surface area contributed by atoms with Crippen LogP contribution in [0.15, 0.2) is 23.8 Å². The molecule has 0 aromatic heterocycles. The minimum atomic E-state index is -0.945. The fourth-order valence-corrected chi connectivity index (χ4v) is 7.85. The van der Waals surface area contributed by atoms with Crippen LogP contribution in [0.2, 0.25) is 0 Å². The summed E-state index contributed by atoms with van der Waals surface area (Å²) in [5, 5.41) is 11.2. The molecule has 25 heavy (non-hydrogen) atoms. The van der Waals surface area contributed by atoms with Crippen LogP contribution < -0.4 is 0 Å². The van der Waals surface area contributed by atoms with Gasteiger partial charge in [-0.2, -0.15) is 0 Å². The summed E-state index contributed by atoms with van der Waals surface area (Å²) in [7, 11) is 0. The third kappa shape index (κ3) is 1.78. The molecule has 0 unspecified atom stereocenters. The van der Waals surface area contributed by atoms with Crippen LogP contribution in [0.25, 0.3) is 0 Å². The van der Waals surface area contributed by atoms with Crippen molar-refractivity contribution in [3.05, 3.63) is 23.8 Å². The predicted molar refractivity (Wildman–Crippen MR) is 97.4 cm³/mol. The van der Waals surface area contributed by atoms with Crippen molar-refractivity contribution in [2.75, 3.05) is 0 Å². The molecular formula is C23H28O2. The Hall–Kier alpha value is -1.33. The molecule has 0 radical (unpaired) electrons. The number of rotatable bonds is 0. The van der Waals surface area contributed by atoms with E-state index in [1.165, 1.54) is 5.57 Å². The average Bonchev–Trinajstić information content (AvgIpc) is 2.87. The smallest absolute Gasteiger partial charge is 0.155 e. The predicted octanol–water partition coefficient (Wildman–Crippen LogP) is 4.05. The second-order valence-electron chi connectivity index (χ2n) is 9.59. The van der Waals surface area contributed by atoms with Crippen LogP contribution in [0, 0.1) is 46.8 Å². The van der Waals surface area contributed by atoms with Gasteiger partial charge in [-0.1, -0.05) is 30.6 Å². The van der Waals surface area contributed by atoms with E-state index >= 15 is 0 Å². The molecule has 7 atom stereocenters. The molecule has 0 heterocycles. The molecule has 0 aliphatic heterocycles. The highest BCUT2D eigenvalue weighted by atomic mass is 16.3. The largest absolute Gasteiger partial charge is 0.377 e. The molecule has 0 bridgehead atoms. The van der Waals surface area contributed by atoms with Crippen molar-refractivity contribution in [2.24, 2.45) is 34.5 Å². The second kappa shape index (κ2) is 4.89. The normalized spacial score (nSPS) is 53.3. The van der Waals surface area contributed by atoms with E-state index in [4.69, 9.17) is 6.42 Å². The van der Waals surface area contributed by atoms with Gasteiger partial charge in [0.25, 0.3) is 0 Å². The van der Waals surface area contributed by atoms with Gasteiger partial charge in [-0.3, -0.25) is 4.79 Å². The Bertz CT molecular complexity index is 740. The molecule has 1 spiro atoms. The molecule has 2 heteroatoms. The Balaban J connectivity index is 1.63. The molecule has 3 fully saturated rings. The summed E-state index contributed by atoms with van der Waals surface area (Å²) in [5.41, 5.74) is 0.546. The fraction of sp³-hybridized carbons (Fsp3) is 0.696. The fourth-order valence-electron chi connectivity index (χ4n) is 7.85. The van der Waals surface area contributed by atoms with Gasteiger partial charge in [0.2, 0.25) is 0 Å². The minimum Gasteiger partial charge on any atom is -0.377 e. The SMILES string of the molecule is C#C[C@]1(O)CC[C@H]2[C@@H]3CCC4=CC(=O)CC[C@@]45CC=C[C@@H](C[C@@]21C)[C@@H]35. The maximum absolute atomic E-state index is 12.0. The lowest BCUT2D eigenvalue weighted by atomic mass is 9.41. The highest BCUT2D eigenvalue weighted by Crippen LogP contribution is 2.70. The lowest BCUT2D eigenvalue weighted by Gasteiger charge is -2.63. The lowest BCUT2D eigenvalue weighted by Crippen LogP contribution is -2.58. The van der Waals surface area contributed by atoms with Crippen LogP contribution in [0.1, 0.15) is 58.3 Å². The summed E-state index contributed by atoms with van der Waals surface area (Å²) in [6.45, 7) is 2.26. The molecule has 1 N–H and O–H groups in total. The summed E-state index contributed by atoms with van der Waals surface area (Å²) in [6.07, 6.45) is 20.5. The van der Waals surface area contributed by atoms with Gasteiger partial charge in [0.15, 0.2) is 5.78 Å². The van der Waals surface area contributed by atoms with Crippen LogP contribution in [0.3, 0.4) is 0 Å². The summed E-state index contributed by atoms with van der Waals surface area (Å²) >= 11 is 0. The van der Waals surface area contributed by atoms with Gasteiger partial charge in [-0.15, -0.1) is 6.42 Å². The van der Waals surface area contributed by atoms with E-state index in [0.717, 1.165) is 44.9 Å².